The van der Waals surface area contributed by atoms with Crippen LogP contribution in [-0.2, 0) is 5.75 Å². The molecule has 0 saturated heterocycles. The lowest BCUT2D eigenvalue weighted by Crippen LogP contribution is -2.30. The van der Waals surface area contributed by atoms with Crippen LogP contribution in [0.1, 0.15) is 16.1 Å². The van der Waals surface area contributed by atoms with Crippen molar-refractivity contribution in [2.45, 2.75) is 10.6 Å². The van der Waals surface area contributed by atoms with Gasteiger partial charge in [-0.2, -0.15) is 0 Å². The highest BCUT2D eigenvalue weighted by molar-refractivity contribution is 7.98. The molecule has 0 atom stereocenters. The van der Waals surface area contributed by atoms with Gasteiger partial charge in [-0.05, 0) is 18.2 Å². The summed E-state index contributed by atoms with van der Waals surface area (Å²) in [6.45, 7) is 0. The van der Waals surface area contributed by atoms with Crippen molar-refractivity contribution in [3.05, 3.63) is 54.0 Å². The summed E-state index contributed by atoms with van der Waals surface area (Å²) in [6, 6.07) is 11.7. The van der Waals surface area contributed by atoms with Crippen LogP contribution in [0.5, 0.6) is 0 Å². The van der Waals surface area contributed by atoms with Gasteiger partial charge in [0.2, 0.25) is 0 Å². The summed E-state index contributed by atoms with van der Waals surface area (Å²) in [5.41, 5.74) is 2.90. The number of carbonyl (C=O) groups excluding carboxylic acids is 1. The van der Waals surface area contributed by atoms with Gasteiger partial charge in [-0.1, -0.05) is 18.2 Å². The number of carbonyl (C=O) groups is 1. The smallest absolute Gasteiger partial charge is 0.301 e. The Balaban J connectivity index is 2.05. The fraction of sp³-hybridized carbons (Fsp3) is 0.0833. The van der Waals surface area contributed by atoms with Crippen LogP contribution in [0.4, 0.5) is 0 Å². The second kappa shape index (κ2) is 5.56. The van der Waals surface area contributed by atoms with Crippen LogP contribution in [0.2, 0.25) is 0 Å². The lowest BCUT2D eigenvalue weighted by molar-refractivity contribution is 0.0925. The molecule has 0 aliphatic rings. The predicted octanol–water partition coefficient (Wildman–Crippen LogP) is 2.18. The summed E-state index contributed by atoms with van der Waals surface area (Å²) < 4.78 is 5.10. The van der Waals surface area contributed by atoms with Crippen LogP contribution in [-0.4, -0.2) is 5.91 Å². The number of furan rings is 1. The van der Waals surface area contributed by atoms with Gasteiger partial charge in [0.05, 0.1) is 6.26 Å². The van der Waals surface area contributed by atoms with Crippen molar-refractivity contribution in [3.63, 3.8) is 0 Å². The van der Waals surface area contributed by atoms with E-state index in [1.54, 1.807) is 17.8 Å². The average molecular weight is 248 g/mol. The van der Waals surface area contributed by atoms with Gasteiger partial charge in [0.15, 0.2) is 5.76 Å². The molecule has 1 aromatic carbocycles. The Labute approximate surface area is 103 Å². The number of amides is 1. The summed E-state index contributed by atoms with van der Waals surface area (Å²) in [6.07, 6.45) is 1.49. The van der Waals surface area contributed by atoms with Crippen LogP contribution >= 0.6 is 11.8 Å². The maximum absolute atomic E-state index is 11.4. The molecule has 0 radical (unpaired) electrons. The number of hydrogen-bond donors (Lipinski definition) is 2. The summed E-state index contributed by atoms with van der Waals surface area (Å²) in [7, 11) is 0. The number of nitrogens with two attached hydrogens (primary N) is 1. The first-order chi connectivity index (χ1) is 8.31. The highest BCUT2D eigenvalue weighted by Crippen LogP contribution is 2.24. The molecule has 88 valence electrons. The SMILES string of the molecule is NNC(=O)c1occc1CSc1ccccc1. The van der Waals surface area contributed by atoms with E-state index < -0.39 is 5.91 Å². The maximum Gasteiger partial charge on any atom is 0.301 e. The number of nitrogen functional groups attached to an aromatic ring is 1. The number of benzene rings is 1. The molecule has 2 rings (SSSR count). The Morgan fingerprint density at radius 1 is 1.29 bits per heavy atom. The van der Waals surface area contributed by atoms with Gasteiger partial charge in [0, 0.05) is 16.2 Å². The van der Waals surface area contributed by atoms with Crippen molar-refractivity contribution < 1.29 is 9.21 Å². The van der Waals surface area contributed by atoms with E-state index in [-0.39, 0.29) is 5.76 Å². The topological polar surface area (TPSA) is 68.3 Å². The minimum absolute atomic E-state index is 0.274. The summed E-state index contributed by atoms with van der Waals surface area (Å²) >= 11 is 1.64. The molecule has 1 amide bonds. The summed E-state index contributed by atoms with van der Waals surface area (Å²) in [4.78, 5) is 12.5. The minimum atomic E-state index is -0.404. The monoisotopic (exact) mass is 248 g/mol. The molecule has 4 nitrogen and oxygen atoms in total. The average Bonchev–Trinajstić information content (AvgIpc) is 2.85. The minimum Gasteiger partial charge on any atom is -0.459 e. The molecule has 0 saturated carbocycles. The van der Waals surface area contributed by atoms with E-state index >= 15 is 0 Å². The van der Waals surface area contributed by atoms with Gasteiger partial charge >= 0.3 is 5.91 Å². The van der Waals surface area contributed by atoms with Crippen LogP contribution in [0.25, 0.3) is 0 Å². The van der Waals surface area contributed by atoms with Crippen LogP contribution < -0.4 is 11.3 Å². The largest absolute Gasteiger partial charge is 0.459 e. The predicted molar refractivity (Wildman–Crippen MR) is 66.4 cm³/mol. The van der Waals surface area contributed by atoms with Gasteiger partial charge in [-0.25, -0.2) is 5.84 Å². The van der Waals surface area contributed by atoms with E-state index in [9.17, 15) is 4.79 Å². The maximum atomic E-state index is 11.4. The van der Waals surface area contributed by atoms with E-state index in [0.717, 1.165) is 10.5 Å². The van der Waals surface area contributed by atoms with Crippen molar-refractivity contribution >= 4 is 17.7 Å². The van der Waals surface area contributed by atoms with E-state index in [2.05, 4.69) is 5.43 Å². The zero-order valence-corrected chi connectivity index (χ0v) is 9.87. The number of thioether (sulfide) groups is 1. The molecule has 0 spiro atoms. The van der Waals surface area contributed by atoms with E-state index in [0.29, 0.717) is 5.75 Å². The van der Waals surface area contributed by atoms with Gasteiger partial charge in [-0.15, -0.1) is 11.8 Å². The van der Waals surface area contributed by atoms with Gasteiger partial charge in [-0.3, -0.25) is 10.2 Å². The molecule has 0 bridgehead atoms. The number of rotatable bonds is 4. The first-order valence-electron chi connectivity index (χ1n) is 5.06. The Hall–Kier alpha value is -1.72. The molecule has 0 fully saturated rings. The lowest BCUT2D eigenvalue weighted by atomic mass is 10.3. The standard InChI is InChI=1S/C12H12N2O2S/c13-14-12(15)11-9(6-7-16-11)8-17-10-4-2-1-3-5-10/h1-7H,8,13H2,(H,14,15). The quantitative estimate of drug-likeness (QED) is 0.376. The molecule has 1 aromatic heterocycles. The number of nitrogens with one attached hydrogen (secondary N) is 1. The Kier molecular flexibility index (Phi) is 3.85. The third kappa shape index (κ3) is 2.89. The van der Waals surface area contributed by atoms with Crippen LogP contribution in [0, 0.1) is 0 Å². The van der Waals surface area contributed by atoms with Crippen LogP contribution in [0.15, 0.2) is 52.0 Å². The van der Waals surface area contributed by atoms with Crippen molar-refractivity contribution in [3.8, 4) is 0 Å². The highest BCUT2D eigenvalue weighted by Gasteiger charge is 2.13. The zero-order chi connectivity index (χ0) is 12.1. The van der Waals surface area contributed by atoms with Gasteiger partial charge in [0.25, 0.3) is 0 Å². The molecular formula is C12H12N2O2S. The molecule has 2 aromatic rings. The van der Waals surface area contributed by atoms with Crippen molar-refractivity contribution in [2.24, 2.45) is 5.84 Å². The summed E-state index contributed by atoms with van der Waals surface area (Å²) in [5, 5.41) is 0. The summed E-state index contributed by atoms with van der Waals surface area (Å²) in [5.74, 6) is 5.61. The first-order valence-corrected chi connectivity index (χ1v) is 6.05. The van der Waals surface area contributed by atoms with Crippen molar-refractivity contribution in [2.75, 3.05) is 0 Å². The highest BCUT2D eigenvalue weighted by atomic mass is 32.2. The second-order valence-corrected chi connectivity index (χ2v) is 4.40. The van der Waals surface area contributed by atoms with E-state index in [4.69, 9.17) is 10.3 Å². The first kappa shape index (κ1) is 11.8. The normalized spacial score (nSPS) is 10.2. The third-order valence-corrected chi connectivity index (χ3v) is 3.28. The fourth-order valence-electron chi connectivity index (χ4n) is 1.39. The number of hydrazine groups is 1. The fourth-order valence-corrected chi connectivity index (χ4v) is 2.29. The van der Waals surface area contributed by atoms with Crippen molar-refractivity contribution in [1.29, 1.82) is 0 Å². The molecule has 0 aliphatic carbocycles. The van der Waals surface area contributed by atoms with E-state index in [1.165, 1.54) is 6.26 Å². The number of hydrogen-bond acceptors (Lipinski definition) is 4. The van der Waals surface area contributed by atoms with Gasteiger partial charge < -0.3 is 4.42 Å². The molecule has 3 N–H and O–H groups in total. The Morgan fingerprint density at radius 2 is 2.06 bits per heavy atom. The van der Waals surface area contributed by atoms with Crippen LogP contribution in [0.3, 0.4) is 0 Å². The van der Waals surface area contributed by atoms with E-state index in [1.807, 2.05) is 30.3 Å². The van der Waals surface area contributed by atoms with Gasteiger partial charge in [0.1, 0.15) is 0 Å². The lowest BCUT2D eigenvalue weighted by Gasteiger charge is -2.01. The molecule has 5 heteroatoms. The molecular weight excluding hydrogens is 236 g/mol. The Morgan fingerprint density at radius 3 is 2.76 bits per heavy atom. The van der Waals surface area contributed by atoms with Crippen molar-refractivity contribution in [1.82, 2.24) is 5.43 Å². The molecule has 1 heterocycles. The molecule has 17 heavy (non-hydrogen) atoms. The molecule has 0 unspecified atom stereocenters. The Bertz CT molecular complexity index is 496. The zero-order valence-electron chi connectivity index (χ0n) is 9.05. The second-order valence-electron chi connectivity index (χ2n) is 3.35. The molecule has 0 aliphatic heterocycles. The third-order valence-electron chi connectivity index (χ3n) is 2.22.